The van der Waals surface area contributed by atoms with Crippen molar-refractivity contribution in [1.29, 1.82) is 0 Å². The van der Waals surface area contributed by atoms with Crippen LogP contribution in [0.4, 0.5) is 0 Å². The van der Waals surface area contributed by atoms with Crippen LogP contribution >= 0.6 is 11.6 Å². The molecule has 0 heterocycles. The molecule has 102 valence electrons. The molecule has 4 heteroatoms. The highest BCUT2D eigenvalue weighted by atomic mass is 35.5. The van der Waals surface area contributed by atoms with Crippen LogP contribution in [-0.4, -0.2) is 41.4 Å². The fourth-order valence-corrected chi connectivity index (χ4v) is 2.11. The molecule has 18 heavy (non-hydrogen) atoms. The molecule has 0 radical (unpaired) electrons. The molecule has 0 aromatic heterocycles. The molecule has 0 aliphatic carbocycles. The minimum Gasteiger partial charge on any atom is -0.396 e. The van der Waals surface area contributed by atoms with Crippen molar-refractivity contribution >= 4 is 11.6 Å². The van der Waals surface area contributed by atoms with Gasteiger partial charge >= 0.3 is 0 Å². The molecule has 0 aliphatic rings. The molecule has 0 spiro atoms. The van der Waals surface area contributed by atoms with Crippen LogP contribution in [0.2, 0.25) is 5.02 Å². The van der Waals surface area contributed by atoms with Gasteiger partial charge in [-0.25, -0.2) is 0 Å². The lowest BCUT2D eigenvalue weighted by Gasteiger charge is -2.21. The van der Waals surface area contributed by atoms with E-state index in [4.69, 9.17) is 16.7 Å². The second kappa shape index (κ2) is 8.48. The van der Waals surface area contributed by atoms with Crippen LogP contribution in [0.15, 0.2) is 24.3 Å². The summed E-state index contributed by atoms with van der Waals surface area (Å²) in [5.74, 6) is 0. The summed E-state index contributed by atoms with van der Waals surface area (Å²) >= 11 is 5.90. The molecule has 1 aromatic rings. The van der Waals surface area contributed by atoms with Crippen LogP contribution in [0.25, 0.3) is 0 Å². The molecule has 0 fully saturated rings. The molecule has 1 aromatic carbocycles. The van der Waals surface area contributed by atoms with Crippen molar-refractivity contribution in [3.05, 3.63) is 34.9 Å². The van der Waals surface area contributed by atoms with Crippen LogP contribution in [-0.2, 0) is 0 Å². The Bertz CT molecular complexity index is 346. The number of benzene rings is 1. The van der Waals surface area contributed by atoms with Crippen LogP contribution in [0.5, 0.6) is 0 Å². The molecule has 2 N–H and O–H groups in total. The Morgan fingerprint density at radius 2 is 2.11 bits per heavy atom. The van der Waals surface area contributed by atoms with E-state index in [2.05, 4.69) is 11.8 Å². The average molecular weight is 272 g/mol. The van der Waals surface area contributed by atoms with Crippen LogP contribution in [0.3, 0.4) is 0 Å². The summed E-state index contributed by atoms with van der Waals surface area (Å²) < 4.78 is 0. The number of aliphatic hydroxyl groups is 2. The zero-order valence-corrected chi connectivity index (χ0v) is 11.6. The molecule has 0 aliphatic heterocycles. The second-order valence-corrected chi connectivity index (χ2v) is 4.81. The third-order valence-electron chi connectivity index (χ3n) is 3.03. The van der Waals surface area contributed by atoms with E-state index in [-0.39, 0.29) is 6.61 Å². The summed E-state index contributed by atoms with van der Waals surface area (Å²) in [5.41, 5.74) is 0.862. The summed E-state index contributed by atoms with van der Waals surface area (Å²) in [6, 6.07) is 7.35. The SMILES string of the molecule is CCN(CCCO)CCC(O)c1cccc(Cl)c1. The number of halogens is 1. The molecular weight excluding hydrogens is 250 g/mol. The first kappa shape index (κ1) is 15.4. The van der Waals surface area contributed by atoms with E-state index in [9.17, 15) is 5.11 Å². The van der Waals surface area contributed by atoms with Gasteiger partial charge in [-0.3, -0.25) is 0 Å². The van der Waals surface area contributed by atoms with E-state index >= 15 is 0 Å². The molecule has 3 nitrogen and oxygen atoms in total. The lowest BCUT2D eigenvalue weighted by Crippen LogP contribution is -2.27. The zero-order chi connectivity index (χ0) is 13.4. The maximum Gasteiger partial charge on any atom is 0.0802 e. The predicted octanol–water partition coefficient (Wildman–Crippen LogP) is 2.47. The van der Waals surface area contributed by atoms with E-state index in [1.807, 2.05) is 12.1 Å². The third kappa shape index (κ3) is 5.36. The largest absolute Gasteiger partial charge is 0.396 e. The number of aliphatic hydroxyl groups excluding tert-OH is 2. The van der Waals surface area contributed by atoms with Crippen molar-refractivity contribution in [3.8, 4) is 0 Å². The van der Waals surface area contributed by atoms with Crippen molar-refractivity contribution < 1.29 is 10.2 Å². The van der Waals surface area contributed by atoms with Crippen molar-refractivity contribution in [2.24, 2.45) is 0 Å². The van der Waals surface area contributed by atoms with Crippen LogP contribution < -0.4 is 0 Å². The Morgan fingerprint density at radius 1 is 1.33 bits per heavy atom. The molecule has 0 bridgehead atoms. The monoisotopic (exact) mass is 271 g/mol. The summed E-state index contributed by atoms with van der Waals surface area (Å²) in [6.45, 7) is 4.93. The van der Waals surface area contributed by atoms with Gasteiger partial charge in [-0.1, -0.05) is 30.7 Å². The lowest BCUT2D eigenvalue weighted by molar-refractivity contribution is 0.140. The van der Waals surface area contributed by atoms with E-state index in [1.54, 1.807) is 12.1 Å². The molecule has 1 rings (SSSR count). The zero-order valence-electron chi connectivity index (χ0n) is 10.8. The van der Waals surface area contributed by atoms with E-state index in [1.165, 1.54) is 0 Å². The van der Waals surface area contributed by atoms with Gasteiger partial charge in [0.2, 0.25) is 0 Å². The quantitative estimate of drug-likeness (QED) is 0.763. The van der Waals surface area contributed by atoms with E-state index in [0.29, 0.717) is 11.4 Å². The normalized spacial score (nSPS) is 12.9. The first-order valence-corrected chi connectivity index (χ1v) is 6.82. The molecule has 0 saturated carbocycles. The lowest BCUT2D eigenvalue weighted by atomic mass is 10.1. The summed E-state index contributed by atoms with van der Waals surface area (Å²) in [7, 11) is 0. The average Bonchev–Trinajstić information content (AvgIpc) is 2.38. The van der Waals surface area contributed by atoms with Gasteiger partial charge < -0.3 is 15.1 Å². The summed E-state index contributed by atoms with van der Waals surface area (Å²) in [5, 5.41) is 19.5. The molecule has 0 saturated heterocycles. The first-order chi connectivity index (χ1) is 8.67. The van der Waals surface area contributed by atoms with Crippen molar-refractivity contribution in [1.82, 2.24) is 4.90 Å². The number of hydrogen-bond acceptors (Lipinski definition) is 3. The Labute approximate surface area is 114 Å². The highest BCUT2D eigenvalue weighted by molar-refractivity contribution is 6.30. The van der Waals surface area contributed by atoms with Crippen molar-refractivity contribution in [2.45, 2.75) is 25.9 Å². The second-order valence-electron chi connectivity index (χ2n) is 4.37. The molecule has 1 unspecified atom stereocenters. The minimum absolute atomic E-state index is 0.216. The Kier molecular flexibility index (Phi) is 7.28. The maximum atomic E-state index is 10.1. The Hall–Kier alpha value is -0.610. The Balaban J connectivity index is 2.42. The molecular formula is C14H22ClNO2. The van der Waals surface area contributed by atoms with Gasteiger partial charge in [-0.05, 0) is 37.1 Å². The summed E-state index contributed by atoms with van der Waals surface area (Å²) in [6.07, 6.45) is 0.979. The highest BCUT2D eigenvalue weighted by Gasteiger charge is 2.10. The van der Waals surface area contributed by atoms with E-state index in [0.717, 1.165) is 31.6 Å². The van der Waals surface area contributed by atoms with Gasteiger partial charge in [-0.2, -0.15) is 0 Å². The van der Waals surface area contributed by atoms with Crippen LogP contribution in [0.1, 0.15) is 31.4 Å². The van der Waals surface area contributed by atoms with Gasteiger partial charge in [-0.15, -0.1) is 0 Å². The highest BCUT2D eigenvalue weighted by Crippen LogP contribution is 2.20. The van der Waals surface area contributed by atoms with Gasteiger partial charge in [0.1, 0.15) is 0 Å². The third-order valence-corrected chi connectivity index (χ3v) is 3.27. The number of rotatable bonds is 8. The topological polar surface area (TPSA) is 43.7 Å². The molecule has 0 amide bonds. The standard InChI is InChI=1S/C14H22ClNO2/c1-2-16(8-4-10-17)9-7-14(18)12-5-3-6-13(15)11-12/h3,5-6,11,14,17-18H,2,4,7-10H2,1H3. The molecule has 1 atom stereocenters. The van der Waals surface area contributed by atoms with Crippen LogP contribution in [0, 0.1) is 0 Å². The van der Waals surface area contributed by atoms with Gasteiger partial charge in [0.05, 0.1) is 6.10 Å². The Morgan fingerprint density at radius 3 is 2.72 bits per heavy atom. The smallest absolute Gasteiger partial charge is 0.0802 e. The number of nitrogens with zero attached hydrogens (tertiary/aromatic N) is 1. The first-order valence-electron chi connectivity index (χ1n) is 6.44. The van der Waals surface area contributed by atoms with E-state index < -0.39 is 6.10 Å². The van der Waals surface area contributed by atoms with Gasteiger partial charge in [0.25, 0.3) is 0 Å². The minimum atomic E-state index is -0.480. The fourth-order valence-electron chi connectivity index (χ4n) is 1.91. The fraction of sp³-hybridized carbons (Fsp3) is 0.571. The van der Waals surface area contributed by atoms with Gasteiger partial charge in [0.15, 0.2) is 0 Å². The van der Waals surface area contributed by atoms with Crippen molar-refractivity contribution in [3.63, 3.8) is 0 Å². The van der Waals surface area contributed by atoms with Crippen molar-refractivity contribution in [2.75, 3.05) is 26.2 Å². The number of hydrogen-bond donors (Lipinski definition) is 2. The maximum absolute atomic E-state index is 10.1. The van der Waals surface area contributed by atoms with Gasteiger partial charge in [0, 0.05) is 24.7 Å². The predicted molar refractivity (Wildman–Crippen MR) is 74.8 cm³/mol. The summed E-state index contributed by atoms with van der Waals surface area (Å²) in [4.78, 5) is 2.23.